The summed E-state index contributed by atoms with van der Waals surface area (Å²) >= 11 is 0. The van der Waals surface area contributed by atoms with Crippen LogP contribution < -0.4 is 20.1 Å². The van der Waals surface area contributed by atoms with E-state index in [9.17, 15) is 0 Å². The molecule has 4 nitrogen and oxygen atoms in total. The fourth-order valence-electron chi connectivity index (χ4n) is 3.22. The predicted molar refractivity (Wildman–Crippen MR) is 93.5 cm³/mol. The Balaban J connectivity index is 1.82. The van der Waals surface area contributed by atoms with Crippen LogP contribution in [0.3, 0.4) is 0 Å². The van der Waals surface area contributed by atoms with Crippen molar-refractivity contribution in [2.24, 2.45) is 0 Å². The molecule has 0 fully saturated rings. The molecule has 0 saturated carbocycles. The summed E-state index contributed by atoms with van der Waals surface area (Å²) in [5.74, 6) is 1.47. The van der Waals surface area contributed by atoms with Gasteiger partial charge in [-0.1, -0.05) is 36.4 Å². The minimum Gasteiger partial charge on any atom is -0.493 e. The molecule has 3 aromatic rings. The van der Waals surface area contributed by atoms with E-state index < -0.39 is 0 Å². The van der Waals surface area contributed by atoms with Crippen molar-refractivity contribution < 1.29 is 9.47 Å². The van der Waals surface area contributed by atoms with E-state index >= 15 is 0 Å². The lowest BCUT2D eigenvalue weighted by Crippen LogP contribution is -2.24. The number of hydrogen-bond acceptors (Lipinski definition) is 4. The zero-order valence-electron chi connectivity index (χ0n) is 13.1. The lowest BCUT2D eigenvalue weighted by atomic mass is 10.0. The molecule has 0 radical (unpaired) electrons. The molecule has 4 heteroatoms. The Morgan fingerprint density at radius 1 is 0.783 bits per heavy atom. The summed E-state index contributed by atoms with van der Waals surface area (Å²) in [6.45, 7) is 0. The topological polar surface area (TPSA) is 42.5 Å². The van der Waals surface area contributed by atoms with Gasteiger partial charge in [0.2, 0.25) is 0 Å². The van der Waals surface area contributed by atoms with Gasteiger partial charge >= 0.3 is 0 Å². The van der Waals surface area contributed by atoms with Crippen LogP contribution in [0.4, 0.5) is 11.4 Å². The minimum absolute atomic E-state index is 0.0828. The van der Waals surface area contributed by atoms with Crippen LogP contribution in [0.25, 0.3) is 10.8 Å². The van der Waals surface area contributed by atoms with Crippen molar-refractivity contribution in [3.63, 3.8) is 0 Å². The molecule has 0 bridgehead atoms. The van der Waals surface area contributed by atoms with E-state index in [0.717, 1.165) is 28.4 Å². The number of benzene rings is 3. The number of nitrogens with one attached hydrogen (secondary N) is 2. The molecule has 23 heavy (non-hydrogen) atoms. The normalized spacial score (nSPS) is 13.3. The minimum atomic E-state index is -0.0828. The van der Waals surface area contributed by atoms with Gasteiger partial charge in [0.15, 0.2) is 11.5 Å². The van der Waals surface area contributed by atoms with E-state index in [2.05, 4.69) is 47.0 Å². The first-order valence-electron chi connectivity index (χ1n) is 7.57. The first-order valence-corrected chi connectivity index (χ1v) is 7.57. The lowest BCUT2D eigenvalue weighted by molar-refractivity contribution is 0.351. The average Bonchev–Trinajstić information content (AvgIpc) is 2.61. The van der Waals surface area contributed by atoms with Crippen molar-refractivity contribution in [1.29, 1.82) is 0 Å². The second-order valence-electron chi connectivity index (χ2n) is 5.51. The summed E-state index contributed by atoms with van der Waals surface area (Å²) in [5.41, 5.74) is 3.25. The standard InChI is InChI=1S/C19H18N2O2/c1-22-16-11-5-8-13(18(16)23-2)19-20-14-9-3-6-12-7-4-10-15(21-19)17(12)14/h3-11,19-21H,1-2H3. The third-order valence-electron chi connectivity index (χ3n) is 4.25. The predicted octanol–water partition coefficient (Wildman–Crippen LogP) is 4.39. The van der Waals surface area contributed by atoms with Gasteiger partial charge in [-0.2, -0.15) is 0 Å². The Morgan fingerprint density at radius 2 is 1.43 bits per heavy atom. The quantitative estimate of drug-likeness (QED) is 0.753. The molecule has 0 aromatic heterocycles. The van der Waals surface area contributed by atoms with Crippen molar-refractivity contribution in [2.45, 2.75) is 6.17 Å². The zero-order chi connectivity index (χ0) is 15.8. The van der Waals surface area contributed by atoms with Crippen LogP contribution in [0, 0.1) is 0 Å². The van der Waals surface area contributed by atoms with Crippen molar-refractivity contribution in [3.05, 3.63) is 60.2 Å². The summed E-state index contributed by atoms with van der Waals surface area (Å²) in [6.07, 6.45) is -0.0828. The molecule has 1 aliphatic heterocycles. The van der Waals surface area contributed by atoms with E-state index in [1.165, 1.54) is 10.8 Å². The molecule has 4 rings (SSSR count). The van der Waals surface area contributed by atoms with E-state index in [1.807, 2.05) is 18.2 Å². The summed E-state index contributed by atoms with van der Waals surface area (Å²) in [5, 5.41) is 9.55. The second-order valence-corrected chi connectivity index (χ2v) is 5.51. The lowest BCUT2D eigenvalue weighted by Gasteiger charge is -2.30. The van der Waals surface area contributed by atoms with Crippen LogP contribution >= 0.6 is 0 Å². The van der Waals surface area contributed by atoms with Gasteiger partial charge in [-0.3, -0.25) is 0 Å². The van der Waals surface area contributed by atoms with Crippen LogP contribution in [0.15, 0.2) is 54.6 Å². The maximum absolute atomic E-state index is 5.58. The van der Waals surface area contributed by atoms with Crippen molar-refractivity contribution in [1.82, 2.24) is 0 Å². The molecule has 0 atom stereocenters. The summed E-state index contributed by atoms with van der Waals surface area (Å²) in [4.78, 5) is 0. The molecule has 2 N–H and O–H groups in total. The van der Waals surface area contributed by atoms with Gasteiger partial charge in [0.05, 0.1) is 14.2 Å². The number of hydrogen-bond donors (Lipinski definition) is 2. The van der Waals surface area contributed by atoms with E-state index in [0.29, 0.717) is 0 Å². The summed E-state index contributed by atoms with van der Waals surface area (Å²) < 4.78 is 11.0. The summed E-state index contributed by atoms with van der Waals surface area (Å²) in [6, 6.07) is 18.5. The number of anilines is 2. The molecule has 0 unspecified atom stereocenters. The van der Waals surface area contributed by atoms with Gasteiger partial charge in [0.25, 0.3) is 0 Å². The van der Waals surface area contributed by atoms with Gasteiger partial charge in [-0.15, -0.1) is 0 Å². The second kappa shape index (κ2) is 5.39. The largest absolute Gasteiger partial charge is 0.493 e. The molecule has 0 aliphatic carbocycles. The molecular weight excluding hydrogens is 288 g/mol. The third-order valence-corrected chi connectivity index (χ3v) is 4.25. The molecule has 1 heterocycles. The number of methoxy groups -OCH3 is 2. The van der Waals surface area contributed by atoms with Gasteiger partial charge in [0.1, 0.15) is 6.17 Å². The zero-order valence-corrected chi connectivity index (χ0v) is 13.1. The van der Waals surface area contributed by atoms with Crippen LogP contribution in [-0.2, 0) is 0 Å². The van der Waals surface area contributed by atoms with Crippen LogP contribution in [0.1, 0.15) is 11.7 Å². The Bertz CT molecular complexity index is 836. The Hall–Kier alpha value is -2.88. The first-order chi connectivity index (χ1) is 11.3. The highest BCUT2D eigenvalue weighted by molar-refractivity contribution is 6.04. The van der Waals surface area contributed by atoms with Crippen LogP contribution in [0.5, 0.6) is 11.5 Å². The van der Waals surface area contributed by atoms with Gasteiger partial charge < -0.3 is 20.1 Å². The maximum atomic E-state index is 5.58. The van der Waals surface area contributed by atoms with E-state index in [1.54, 1.807) is 14.2 Å². The SMILES string of the molecule is COc1cccc(C2Nc3cccc4cccc(c34)N2)c1OC. The average molecular weight is 306 g/mol. The Morgan fingerprint density at radius 3 is 2.04 bits per heavy atom. The highest BCUT2D eigenvalue weighted by atomic mass is 16.5. The number of para-hydroxylation sites is 1. The third kappa shape index (κ3) is 2.14. The highest BCUT2D eigenvalue weighted by Crippen LogP contribution is 2.42. The summed E-state index contributed by atoms with van der Waals surface area (Å²) in [7, 11) is 3.32. The smallest absolute Gasteiger partial charge is 0.167 e. The monoisotopic (exact) mass is 306 g/mol. The van der Waals surface area contributed by atoms with Crippen molar-refractivity contribution >= 4 is 22.1 Å². The van der Waals surface area contributed by atoms with Crippen molar-refractivity contribution in [3.8, 4) is 11.5 Å². The molecule has 116 valence electrons. The number of ether oxygens (including phenoxy) is 2. The van der Waals surface area contributed by atoms with Gasteiger partial charge in [0, 0.05) is 22.3 Å². The first kappa shape index (κ1) is 13.8. The molecule has 1 aliphatic rings. The molecule has 0 amide bonds. The molecule has 0 spiro atoms. The maximum Gasteiger partial charge on any atom is 0.167 e. The Kier molecular flexibility index (Phi) is 3.23. The highest BCUT2D eigenvalue weighted by Gasteiger charge is 2.24. The fraction of sp³-hybridized carbons (Fsp3) is 0.158. The molecule has 0 saturated heterocycles. The van der Waals surface area contributed by atoms with Crippen LogP contribution in [-0.4, -0.2) is 14.2 Å². The number of rotatable bonds is 3. The van der Waals surface area contributed by atoms with Gasteiger partial charge in [-0.05, 0) is 23.6 Å². The fourth-order valence-corrected chi connectivity index (χ4v) is 3.22. The molecule has 3 aromatic carbocycles. The van der Waals surface area contributed by atoms with E-state index in [4.69, 9.17) is 9.47 Å². The van der Waals surface area contributed by atoms with Crippen molar-refractivity contribution in [2.75, 3.05) is 24.9 Å². The van der Waals surface area contributed by atoms with Crippen LogP contribution in [0.2, 0.25) is 0 Å². The molecular formula is C19H18N2O2. The van der Waals surface area contributed by atoms with E-state index in [-0.39, 0.29) is 6.17 Å². The Labute approximate surface area is 135 Å². The van der Waals surface area contributed by atoms with Gasteiger partial charge in [-0.25, -0.2) is 0 Å².